The van der Waals surface area contributed by atoms with Crippen LogP contribution in [0.3, 0.4) is 0 Å². The maximum atomic E-state index is 13.5. The average Bonchev–Trinajstić information content (AvgIpc) is 3.23. The molecular weight excluding hydrogens is 381 g/mol. The van der Waals surface area contributed by atoms with E-state index in [0.29, 0.717) is 18.7 Å². The highest BCUT2D eigenvalue weighted by molar-refractivity contribution is 6.08. The Hall–Kier alpha value is -3.28. The van der Waals surface area contributed by atoms with Gasteiger partial charge in [-0.1, -0.05) is 30.3 Å². The van der Waals surface area contributed by atoms with Crippen LogP contribution in [-0.4, -0.2) is 34.8 Å². The van der Waals surface area contributed by atoms with E-state index in [1.165, 1.54) is 12.1 Å². The number of amides is 2. The van der Waals surface area contributed by atoms with Crippen molar-refractivity contribution in [2.24, 2.45) is 0 Å². The highest BCUT2D eigenvalue weighted by Gasteiger charge is 2.27. The lowest BCUT2D eigenvalue weighted by atomic mass is 10.00. The Bertz CT molecular complexity index is 1100. The fraction of sp³-hybridized carbons (Fsp3) is 0.292. The molecule has 0 saturated carbocycles. The van der Waals surface area contributed by atoms with Gasteiger partial charge in [-0.05, 0) is 55.5 Å². The number of fused-ring (bicyclic) bond motifs is 2. The summed E-state index contributed by atoms with van der Waals surface area (Å²) < 4.78 is 13.0. The maximum absolute atomic E-state index is 13.5. The van der Waals surface area contributed by atoms with Crippen LogP contribution in [0.4, 0.5) is 4.39 Å². The third kappa shape index (κ3) is 4.03. The summed E-state index contributed by atoms with van der Waals surface area (Å²) in [6.07, 6.45) is 2.70. The first-order chi connectivity index (χ1) is 14.6. The minimum absolute atomic E-state index is 0.0258. The second-order valence-electron chi connectivity index (χ2n) is 7.51. The Morgan fingerprint density at radius 3 is 2.63 bits per heavy atom. The Morgan fingerprint density at radius 1 is 1.10 bits per heavy atom. The van der Waals surface area contributed by atoms with Crippen molar-refractivity contribution in [2.75, 3.05) is 13.1 Å². The van der Waals surface area contributed by atoms with E-state index in [0.717, 1.165) is 47.0 Å². The van der Waals surface area contributed by atoms with Crippen molar-refractivity contribution < 1.29 is 14.0 Å². The van der Waals surface area contributed by atoms with Gasteiger partial charge in [-0.25, -0.2) is 4.39 Å². The van der Waals surface area contributed by atoms with Crippen LogP contribution in [0.15, 0.2) is 48.5 Å². The van der Waals surface area contributed by atoms with E-state index in [9.17, 15) is 14.0 Å². The van der Waals surface area contributed by atoms with Gasteiger partial charge in [-0.15, -0.1) is 0 Å². The lowest BCUT2D eigenvalue weighted by molar-refractivity contribution is -0.121. The van der Waals surface area contributed by atoms with E-state index in [4.69, 9.17) is 4.98 Å². The first kappa shape index (κ1) is 20.0. The molecule has 0 aliphatic heterocycles. The van der Waals surface area contributed by atoms with Gasteiger partial charge in [0.15, 0.2) is 0 Å². The van der Waals surface area contributed by atoms with Gasteiger partial charge in [0.25, 0.3) is 5.91 Å². The number of hydrogen-bond acceptors (Lipinski definition) is 3. The number of aryl methyl sites for hydroxylation is 1. The Balaban J connectivity index is 1.53. The van der Waals surface area contributed by atoms with Crippen LogP contribution < -0.4 is 5.32 Å². The molecule has 30 heavy (non-hydrogen) atoms. The maximum Gasteiger partial charge on any atom is 0.255 e. The molecule has 6 heteroatoms. The molecule has 1 heterocycles. The number of carbonyl (C=O) groups excluding carboxylic acids is 2. The summed E-state index contributed by atoms with van der Waals surface area (Å²) in [7, 11) is 0. The topological polar surface area (TPSA) is 62.3 Å². The highest BCUT2D eigenvalue weighted by atomic mass is 19.1. The van der Waals surface area contributed by atoms with Gasteiger partial charge in [0.05, 0.1) is 17.6 Å². The molecule has 0 radical (unpaired) electrons. The summed E-state index contributed by atoms with van der Waals surface area (Å²) in [5.41, 5.74) is 4.31. The molecule has 4 rings (SSSR count). The molecule has 154 valence electrons. The van der Waals surface area contributed by atoms with Crippen molar-refractivity contribution in [1.82, 2.24) is 15.2 Å². The number of para-hydroxylation sites is 1. The SMILES string of the molecule is CCN(CC(=O)NCc1ccc(F)cc1)C(=O)c1c2c(nc3ccccc13)CCC2. The number of pyridine rings is 1. The number of carbonyl (C=O) groups is 2. The summed E-state index contributed by atoms with van der Waals surface area (Å²) in [6, 6.07) is 13.7. The molecule has 2 aromatic carbocycles. The van der Waals surface area contributed by atoms with Gasteiger partial charge in [-0.3, -0.25) is 14.6 Å². The molecule has 0 spiro atoms. The quantitative estimate of drug-likeness (QED) is 0.681. The van der Waals surface area contributed by atoms with Crippen LogP contribution in [0.2, 0.25) is 0 Å². The first-order valence-electron chi connectivity index (χ1n) is 10.3. The molecule has 1 aliphatic rings. The van der Waals surface area contributed by atoms with Crippen molar-refractivity contribution in [2.45, 2.75) is 32.7 Å². The molecule has 1 N–H and O–H groups in total. The lowest BCUT2D eigenvalue weighted by Gasteiger charge is -2.23. The van der Waals surface area contributed by atoms with Gasteiger partial charge in [0.1, 0.15) is 5.82 Å². The van der Waals surface area contributed by atoms with Gasteiger partial charge >= 0.3 is 0 Å². The number of nitrogens with zero attached hydrogens (tertiary/aromatic N) is 2. The van der Waals surface area contributed by atoms with E-state index in [1.807, 2.05) is 31.2 Å². The number of hydrogen-bond donors (Lipinski definition) is 1. The molecule has 0 atom stereocenters. The van der Waals surface area contributed by atoms with Gasteiger partial charge < -0.3 is 10.2 Å². The van der Waals surface area contributed by atoms with Crippen LogP contribution in [-0.2, 0) is 24.2 Å². The van der Waals surface area contributed by atoms with Crippen LogP contribution >= 0.6 is 0 Å². The summed E-state index contributed by atoms with van der Waals surface area (Å²) in [5, 5.41) is 3.65. The number of benzene rings is 2. The largest absolute Gasteiger partial charge is 0.350 e. The van der Waals surface area contributed by atoms with Crippen LogP contribution in [0.1, 0.15) is 40.5 Å². The molecule has 1 aromatic heterocycles. The first-order valence-corrected chi connectivity index (χ1v) is 10.3. The zero-order valence-electron chi connectivity index (χ0n) is 17.0. The molecule has 1 aliphatic carbocycles. The van der Waals surface area contributed by atoms with E-state index in [1.54, 1.807) is 17.0 Å². The van der Waals surface area contributed by atoms with E-state index >= 15 is 0 Å². The second-order valence-corrected chi connectivity index (χ2v) is 7.51. The van der Waals surface area contributed by atoms with Crippen molar-refractivity contribution in [3.63, 3.8) is 0 Å². The highest BCUT2D eigenvalue weighted by Crippen LogP contribution is 2.30. The molecule has 5 nitrogen and oxygen atoms in total. The predicted molar refractivity (Wildman–Crippen MR) is 114 cm³/mol. The normalized spacial score (nSPS) is 12.6. The standard InChI is InChI=1S/C24H24FN3O2/c1-2-28(15-22(29)26-14-16-10-12-17(25)13-11-16)24(30)23-18-6-3-4-8-20(18)27-21-9-5-7-19(21)23/h3-4,6,8,10-13H,2,5,7,9,14-15H2,1H3,(H,26,29). The second kappa shape index (κ2) is 8.61. The molecule has 3 aromatic rings. The molecule has 0 unspecified atom stereocenters. The third-order valence-electron chi connectivity index (χ3n) is 5.54. The van der Waals surface area contributed by atoms with Crippen LogP contribution in [0.25, 0.3) is 10.9 Å². The molecule has 0 fully saturated rings. The van der Waals surface area contributed by atoms with Crippen molar-refractivity contribution in [1.29, 1.82) is 0 Å². The summed E-state index contributed by atoms with van der Waals surface area (Å²) in [6.45, 7) is 2.56. The van der Waals surface area contributed by atoms with Gasteiger partial charge in [-0.2, -0.15) is 0 Å². The van der Waals surface area contributed by atoms with Crippen LogP contribution in [0.5, 0.6) is 0 Å². The van der Waals surface area contributed by atoms with Crippen molar-refractivity contribution >= 4 is 22.7 Å². The third-order valence-corrected chi connectivity index (χ3v) is 5.54. The molecule has 2 amide bonds. The minimum Gasteiger partial charge on any atom is -0.350 e. The Kier molecular flexibility index (Phi) is 5.74. The zero-order chi connectivity index (χ0) is 21.1. The summed E-state index contributed by atoms with van der Waals surface area (Å²) in [4.78, 5) is 32.3. The number of aromatic nitrogens is 1. The van der Waals surface area contributed by atoms with E-state index in [-0.39, 0.29) is 24.2 Å². The molecule has 0 bridgehead atoms. The number of nitrogens with one attached hydrogen (secondary N) is 1. The van der Waals surface area contributed by atoms with Crippen molar-refractivity contribution in [3.05, 3.63) is 76.7 Å². The molecule has 0 saturated heterocycles. The van der Waals surface area contributed by atoms with Crippen molar-refractivity contribution in [3.8, 4) is 0 Å². The monoisotopic (exact) mass is 405 g/mol. The number of rotatable bonds is 6. The summed E-state index contributed by atoms with van der Waals surface area (Å²) in [5.74, 6) is -0.694. The minimum atomic E-state index is -0.315. The fourth-order valence-corrected chi connectivity index (χ4v) is 3.97. The number of halogens is 1. The van der Waals surface area contributed by atoms with Crippen LogP contribution in [0, 0.1) is 5.82 Å². The Labute approximate surface area is 174 Å². The van der Waals surface area contributed by atoms with Gasteiger partial charge in [0.2, 0.25) is 5.91 Å². The van der Waals surface area contributed by atoms with Gasteiger partial charge in [0, 0.05) is 24.2 Å². The fourth-order valence-electron chi connectivity index (χ4n) is 3.97. The van der Waals surface area contributed by atoms with E-state index < -0.39 is 0 Å². The molecular formula is C24H24FN3O2. The Morgan fingerprint density at radius 2 is 1.87 bits per heavy atom. The number of likely N-dealkylation sites (N-methyl/N-ethyl adjacent to an activating group) is 1. The smallest absolute Gasteiger partial charge is 0.255 e. The summed E-state index contributed by atoms with van der Waals surface area (Å²) >= 11 is 0. The average molecular weight is 405 g/mol. The lowest BCUT2D eigenvalue weighted by Crippen LogP contribution is -2.40. The van der Waals surface area contributed by atoms with E-state index in [2.05, 4.69) is 5.32 Å². The predicted octanol–water partition coefficient (Wildman–Crippen LogP) is 3.64. The zero-order valence-corrected chi connectivity index (χ0v) is 17.0.